The van der Waals surface area contributed by atoms with E-state index in [-0.39, 0.29) is 12.5 Å². The van der Waals surface area contributed by atoms with Crippen molar-refractivity contribution in [1.82, 2.24) is 10.2 Å². The first kappa shape index (κ1) is 15.7. The molecular formula is C14H20N2O2S. The molecule has 4 nitrogen and oxygen atoms in total. The van der Waals surface area contributed by atoms with Crippen molar-refractivity contribution in [2.45, 2.75) is 12.8 Å². The van der Waals surface area contributed by atoms with Gasteiger partial charge in [-0.25, -0.2) is 0 Å². The number of nitrogens with one attached hydrogen (secondary N) is 1. The molecule has 2 N–H and O–H groups in total. The Morgan fingerprint density at radius 3 is 2.89 bits per heavy atom. The minimum atomic E-state index is -0.161. The standard InChI is InChI=1S/C14H20N2O2S/c1-16(2)10-4-3-9-15-14(18)13-8-7-12(19-13)6-5-11-17/h7-8,17H,3-4,9-11H2,1-2H3,(H,15,18). The van der Waals surface area contributed by atoms with E-state index in [1.807, 2.05) is 14.1 Å². The van der Waals surface area contributed by atoms with Crippen molar-refractivity contribution in [3.63, 3.8) is 0 Å². The number of hydrogen-bond donors (Lipinski definition) is 2. The molecule has 0 aliphatic rings. The fraction of sp³-hybridized carbons (Fsp3) is 0.500. The topological polar surface area (TPSA) is 52.6 Å². The Labute approximate surface area is 118 Å². The molecule has 19 heavy (non-hydrogen) atoms. The highest BCUT2D eigenvalue weighted by atomic mass is 32.1. The molecular weight excluding hydrogens is 260 g/mol. The molecule has 0 saturated heterocycles. The fourth-order valence-corrected chi connectivity index (χ4v) is 2.29. The number of nitrogens with zero attached hydrogens (tertiary/aromatic N) is 1. The lowest BCUT2D eigenvalue weighted by atomic mass is 10.3. The van der Waals surface area contributed by atoms with Crippen LogP contribution in [0, 0.1) is 11.8 Å². The van der Waals surface area contributed by atoms with Gasteiger partial charge in [-0.05, 0) is 45.6 Å². The summed E-state index contributed by atoms with van der Waals surface area (Å²) in [6.07, 6.45) is 2.05. The van der Waals surface area contributed by atoms with E-state index < -0.39 is 0 Å². The zero-order valence-corrected chi connectivity index (χ0v) is 12.2. The van der Waals surface area contributed by atoms with Gasteiger partial charge >= 0.3 is 0 Å². The molecule has 0 fully saturated rings. The van der Waals surface area contributed by atoms with Gasteiger partial charge in [0.05, 0.1) is 9.75 Å². The van der Waals surface area contributed by atoms with Crippen LogP contribution in [0.5, 0.6) is 0 Å². The third-order valence-electron chi connectivity index (χ3n) is 2.44. The second-order valence-corrected chi connectivity index (χ2v) is 5.47. The third kappa shape index (κ3) is 6.39. The largest absolute Gasteiger partial charge is 0.384 e. The van der Waals surface area contributed by atoms with Crippen LogP contribution in [-0.4, -0.2) is 49.7 Å². The van der Waals surface area contributed by atoms with Crippen LogP contribution in [0.3, 0.4) is 0 Å². The first-order chi connectivity index (χ1) is 9.13. The maximum Gasteiger partial charge on any atom is 0.261 e. The lowest BCUT2D eigenvalue weighted by molar-refractivity contribution is 0.0957. The zero-order valence-electron chi connectivity index (χ0n) is 11.4. The van der Waals surface area contributed by atoms with Gasteiger partial charge in [-0.3, -0.25) is 4.79 Å². The molecule has 5 heteroatoms. The van der Waals surface area contributed by atoms with Gasteiger partial charge in [0.1, 0.15) is 6.61 Å². The molecule has 0 aliphatic carbocycles. The number of carbonyl (C=O) groups is 1. The minimum Gasteiger partial charge on any atom is -0.384 e. The maximum atomic E-state index is 11.8. The summed E-state index contributed by atoms with van der Waals surface area (Å²) in [5, 5.41) is 11.5. The molecule has 0 saturated carbocycles. The highest BCUT2D eigenvalue weighted by Gasteiger charge is 2.07. The predicted octanol–water partition coefficient (Wildman–Crippen LogP) is 1.16. The van der Waals surface area contributed by atoms with E-state index in [1.165, 1.54) is 11.3 Å². The summed E-state index contributed by atoms with van der Waals surface area (Å²) in [6.45, 7) is 1.57. The van der Waals surface area contributed by atoms with Crippen LogP contribution >= 0.6 is 11.3 Å². The molecule has 1 aromatic rings. The number of carbonyl (C=O) groups excluding carboxylic acids is 1. The molecule has 1 heterocycles. The smallest absolute Gasteiger partial charge is 0.261 e. The first-order valence-electron chi connectivity index (χ1n) is 6.26. The van der Waals surface area contributed by atoms with Crippen molar-refractivity contribution in [3.05, 3.63) is 21.9 Å². The van der Waals surface area contributed by atoms with Crippen LogP contribution in [0.1, 0.15) is 27.4 Å². The van der Waals surface area contributed by atoms with E-state index in [4.69, 9.17) is 5.11 Å². The molecule has 1 rings (SSSR count). The van der Waals surface area contributed by atoms with Crippen molar-refractivity contribution in [3.8, 4) is 11.8 Å². The molecule has 104 valence electrons. The fourth-order valence-electron chi connectivity index (χ4n) is 1.50. The average Bonchev–Trinajstić information content (AvgIpc) is 2.84. The lowest BCUT2D eigenvalue weighted by Gasteiger charge is -2.08. The predicted molar refractivity (Wildman–Crippen MR) is 78.4 cm³/mol. The number of aliphatic hydroxyl groups excluding tert-OH is 1. The summed E-state index contributed by atoms with van der Waals surface area (Å²) in [7, 11) is 4.08. The van der Waals surface area contributed by atoms with Crippen LogP contribution in [0.2, 0.25) is 0 Å². The van der Waals surface area contributed by atoms with Gasteiger partial charge in [0.15, 0.2) is 0 Å². The van der Waals surface area contributed by atoms with Crippen LogP contribution in [0.15, 0.2) is 12.1 Å². The molecule has 0 atom stereocenters. The molecule has 0 aromatic carbocycles. The summed E-state index contributed by atoms with van der Waals surface area (Å²) in [5.41, 5.74) is 0. The second-order valence-electron chi connectivity index (χ2n) is 4.39. The van der Waals surface area contributed by atoms with Gasteiger partial charge in [0.25, 0.3) is 5.91 Å². The quantitative estimate of drug-likeness (QED) is 0.607. The molecule has 0 spiro atoms. The van der Waals surface area contributed by atoms with Gasteiger partial charge in [-0.15, -0.1) is 11.3 Å². The number of thiophene rings is 1. The van der Waals surface area contributed by atoms with Gasteiger partial charge in [0.2, 0.25) is 0 Å². The van der Waals surface area contributed by atoms with E-state index in [2.05, 4.69) is 22.1 Å². The van der Waals surface area contributed by atoms with E-state index in [1.54, 1.807) is 12.1 Å². The Bertz CT molecular complexity index is 458. The second kappa shape index (κ2) is 8.70. The van der Waals surface area contributed by atoms with Crippen LogP contribution in [0.25, 0.3) is 0 Å². The zero-order chi connectivity index (χ0) is 14.1. The van der Waals surface area contributed by atoms with Gasteiger partial charge in [-0.2, -0.15) is 0 Å². The normalized spacial score (nSPS) is 10.1. The minimum absolute atomic E-state index is 0.0492. The molecule has 0 radical (unpaired) electrons. The molecule has 0 unspecified atom stereocenters. The number of amides is 1. The van der Waals surface area contributed by atoms with E-state index in [0.29, 0.717) is 11.4 Å². The Morgan fingerprint density at radius 2 is 2.21 bits per heavy atom. The lowest BCUT2D eigenvalue weighted by Crippen LogP contribution is -2.24. The summed E-state index contributed by atoms with van der Waals surface area (Å²) in [6, 6.07) is 3.56. The van der Waals surface area contributed by atoms with Crippen LogP contribution < -0.4 is 5.32 Å². The van der Waals surface area contributed by atoms with E-state index in [9.17, 15) is 4.79 Å². The number of unbranched alkanes of at least 4 members (excludes halogenated alkanes) is 1. The number of hydrogen-bond acceptors (Lipinski definition) is 4. The molecule has 1 amide bonds. The SMILES string of the molecule is CN(C)CCCCNC(=O)c1ccc(C#CCO)s1. The summed E-state index contributed by atoms with van der Waals surface area (Å²) < 4.78 is 0. The number of aliphatic hydroxyl groups is 1. The monoisotopic (exact) mass is 280 g/mol. The van der Waals surface area contributed by atoms with Gasteiger partial charge < -0.3 is 15.3 Å². The molecule has 0 bridgehead atoms. The van der Waals surface area contributed by atoms with Crippen molar-refractivity contribution in [2.75, 3.05) is 33.8 Å². The summed E-state index contributed by atoms with van der Waals surface area (Å²) in [5.74, 6) is 5.31. The maximum absolute atomic E-state index is 11.8. The first-order valence-corrected chi connectivity index (χ1v) is 7.07. The summed E-state index contributed by atoms with van der Waals surface area (Å²) >= 11 is 1.34. The highest BCUT2D eigenvalue weighted by Crippen LogP contribution is 2.15. The van der Waals surface area contributed by atoms with E-state index in [0.717, 1.165) is 24.3 Å². The Hall–Kier alpha value is -1.35. The van der Waals surface area contributed by atoms with Crippen LogP contribution in [0.4, 0.5) is 0 Å². The number of rotatable bonds is 6. The molecule has 1 aromatic heterocycles. The van der Waals surface area contributed by atoms with Crippen molar-refractivity contribution in [1.29, 1.82) is 0 Å². The van der Waals surface area contributed by atoms with Crippen molar-refractivity contribution < 1.29 is 9.90 Å². The molecule has 0 aliphatic heterocycles. The highest BCUT2D eigenvalue weighted by molar-refractivity contribution is 7.14. The Balaban J connectivity index is 2.31. The van der Waals surface area contributed by atoms with Crippen LogP contribution in [-0.2, 0) is 0 Å². The Kier molecular flexibility index (Phi) is 7.19. The van der Waals surface area contributed by atoms with Crippen molar-refractivity contribution >= 4 is 17.2 Å². The average molecular weight is 280 g/mol. The third-order valence-corrected chi connectivity index (χ3v) is 3.44. The van der Waals surface area contributed by atoms with Gasteiger partial charge in [0, 0.05) is 6.54 Å². The van der Waals surface area contributed by atoms with Crippen molar-refractivity contribution in [2.24, 2.45) is 0 Å². The van der Waals surface area contributed by atoms with E-state index >= 15 is 0 Å². The summed E-state index contributed by atoms with van der Waals surface area (Å²) in [4.78, 5) is 15.4. The van der Waals surface area contributed by atoms with Gasteiger partial charge in [-0.1, -0.05) is 11.8 Å². The Morgan fingerprint density at radius 1 is 1.42 bits per heavy atom.